The van der Waals surface area contributed by atoms with Crippen molar-refractivity contribution in [1.29, 1.82) is 0 Å². The average Bonchev–Trinajstić information content (AvgIpc) is 2.72. The van der Waals surface area contributed by atoms with Gasteiger partial charge in [-0.05, 0) is 24.6 Å². The molecule has 0 unspecified atom stereocenters. The summed E-state index contributed by atoms with van der Waals surface area (Å²) in [6.45, 7) is 9.61. The van der Waals surface area contributed by atoms with Crippen molar-refractivity contribution in [2.45, 2.75) is 13.5 Å². The fraction of sp³-hybridized carbons (Fsp3) is 0.211. The Hall–Kier alpha value is -3.35. The van der Waals surface area contributed by atoms with E-state index in [1.54, 1.807) is 24.3 Å². The second-order valence-corrected chi connectivity index (χ2v) is 5.25. The van der Waals surface area contributed by atoms with Gasteiger partial charge in [-0.25, -0.2) is 4.79 Å². The van der Waals surface area contributed by atoms with E-state index in [4.69, 9.17) is 9.47 Å². The highest BCUT2D eigenvalue weighted by atomic mass is 16.5. The monoisotopic (exact) mass is 356 g/mol. The molecular formula is C19H20N2O5. The number of hydrogen-bond donors (Lipinski definition) is 1. The zero-order valence-electron chi connectivity index (χ0n) is 14.5. The van der Waals surface area contributed by atoms with Gasteiger partial charge in [0.1, 0.15) is 6.61 Å². The Morgan fingerprint density at radius 3 is 2.50 bits per heavy atom. The van der Waals surface area contributed by atoms with E-state index >= 15 is 0 Å². The van der Waals surface area contributed by atoms with Crippen molar-refractivity contribution in [2.24, 2.45) is 0 Å². The molecule has 0 fully saturated rings. The van der Waals surface area contributed by atoms with Crippen molar-refractivity contribution in [2.75, 3.05) is 13.2 Å². The van der Waals surface area contributed by atoms with E-state index in [0.717, 1.165) is 10.6 Å². The average molecular weight is 356 g/mol. The quantitative estimate of drug-likeness (QED) is 0.727. The highest BCUT2D eigenvalue weighted by Gasteiger charge is 2.12. The lowest BCUT2D eigenvalue weighted by Crippen LogP contribution is -2.32. The maximum Gasteiger partial charge on any atom is 0.331 e. The number of rotatable bonds is 8. The molecule has 0 aliphatic carbocycles. The van der Waals surface area contributed by atoms with E-state index < -0.39 is 16.8 Å². The molecule has 136 valence electrons. The van der Waals surface area contributed by atoms with Crippen molar-refractivity contribution < 1.29 is 9.47 Å². The number of benzene rings is 1. The van der Waals surface area contributed by atoms with Crippen molar-refractivity contribution in [3.8, 4) is 22.6 Å². The van der Waals surface area contributed by atoms with E-state index in [-0.39, 0.29) is 12.1 Å². The lowest BCUT2D eigenvalue weighted by atomic mass is 10.1. The van der Waals surface area contributed by atoms with E-state index in [1.807, 2.05) is 6.92 Å². The molecule has 2 aromatic rings. The van der Waals surface area contributed by atoms with Crippen molar-refractivity contribution in [3.05, 3.63) is 80.8 Å². The Balaban J connectivity index is 2.70. The van der Waals surface area contributed by atoms with Crippen molar-refractivity contribution in [3.63, 3.8) is 0 Å². The van der Waals surface area contributed by atoms with Gasteiger partial charge in [-0.1, -0.05) is 24.8 Å². The highest BCUT2D eigenvalue weighted by molar-refractivity contribution is 5.66. The van der Waals surface area contributed by atoms with Crippen LogP contribution in [-0.2, 0) is 6.54 Å². The molecule has 1 aromatic carbocycles. The molecule has 1 heterocycles. The summed E-state index contributed by atoms with van der Waals surface area (Å²) in [5.74, 6) is 0.910. The number of allylic oxidation sites excluding steroid dienone is 1. The van der Waals surface area contributed by atoms with Crippen molar-refractivity contribution >= 4 is 0 Å². The largest absolute Gasteiger partial charge is 0.490 e. The zero-order chi connectivity index (χ0) is 19.1. The first kappa shape index (κ1) is 19.0. The summed E-state index contributed by atoms with van der Waals surface area (Å²) in [5, 5.41) is 0. The Kier molecular flexibility index (Phi) is 6.32. The molecule has 0 bridgehead atoms. The third-order valence-electron chi connectivity index (χ3n) is 3.45. The molecule has 7 nitrogen and oxygen atoms in total. The fourth-order valence-corrected chi connectivity index (χ4v) is 2.35. The number of nitrogens with zero attached hydrogens (tertiary/aromatic N) is 1. The molecule has 0 saturated heterocycles. The Bertz CT molecular complexity index is 988. The van der Waals surface area contributed by atoms with Crippen LogP contribution in [0.2, 0.25) is 0 Å². The molecule has 1 N–H and O–H groups in total. The van der Waals surface area contributed by atoms with E-state index in [0.29, 0.717) is 30.3 Å². The minimum atomic E-state index is -0.790. The van der Waals surface area contributed by atoms with Crippen LogP contribution in [0.4, 0.5) is 0 Å². The topological polar surface area (TPSA) is 90.4 Å². The van der Waals surface area contributed by atoms with Gasteiger partial charge in [-0.3, -0.25) is 19.1 Å². The molecule has 0 aliphatic rings. The Morgan fingerprint density at radius 2 is 1.85 bits per heavy atom. The second-order valence-electron chi connectivity index (χ2n) is 5.25. The number of H-pyrrole nitrogens is 1. The van der Waals surface area contributed by atoms with Gasteiger partial charge in [0.25, 0.3) is 11.1 Å². The Labute approximate surface area is 149 Å². The summed E-state index contributed by atoms with van der Waals surface area (Å²) in [5.41, 5.74) is -1.55. The van der Waals surface area contributed by atoms with Gasteiger partial charge < -0.3 is 9.47 Å². The molecular weight excluding hydrogens is 336 g/mol. The lowest BCUT2D eigenvalue weighted by molar-refractivity contribution is 0.297. The predicted octanol–water partition coefficient (Wildman–Crippen LogP) is 1.71. The smallest absolute Gasteiger partial charge is 0.331 e. The van der Waals surface area contributed by atoms with Gasteiger partial charge >= 0.3 is 5.69 Å². The SMILES string of the molecule is C=CCOc1ccc(-c2cc(=O)[nH]c(=O)n(CC=C)c2=O)cc1OCC. The van der Waals surface area contributed by atoms with E-state index in [9.17, 15) is 14.4 Å². The van der Waals surface area contributed by atoms with Gasteiger partial charge in [0.2, 0.25) is 0 Å². The van der Waals surface area contributed by atoms with Crippen LogP contribution in [-0.4, -0.2) is 22.8 Å². The first-order chi connectivity index (χ1) is 12.5. The summed E-state index contributed by atoms with van der Waals surface area (Å²) < 4.78 is 12.0. The molecule has 2 rings (SSSR count). The van der Waals surface area contributed by atoms with Gasteiger partial charge in [-0.2, -0.15) is 0 Å². The van der Waals surface area contributed by atoms with Crippen LogP contribution in [0.1, 0.15) is 6.92 Å². The number of aromatic amines is 1. The van der Waals surface area contributed by atoms with Crippen LogP contribution in [0.5, 0.6) is 11.5 Å². The van der Waals surface area contributed by atoms with Crippen LogP contribution in [0.25, 0.3) is 11.1 Å². The maximum absolute atomic E-state index is 12.7. The first-order valence-corrected chi connectivity index (χ1v) is 8.02. The minimum Gasteiger partial charge on any atom is -0.490 e. The van der Waals surface area contributed by atoms with Crippen LogP contribution in [0.3, 0.4) is 0 Å². The third-order valence-corrected chi connectivity index (χ3v) is 3.45. The van der Waals surface area contributed by atoms with Gasteiger partial charge in [0.15, 0.2) is 11.5 Å². The molecule has 0 spiro atoms. The second kappa shape index (κ2) is 8.66. The molecule has 0 amide bonds. The summed E-state index contributed by atoms with van der Waals surface area (Å²) in [4.78, 5) is 38.7. The fourth-order valence-electron chi connectivity index (χ4n) is 2.35. The standard InChI is InChI=1S/C19H20N2O5/c1-4-9-21-18(23)14(12-17(22)20-19(21)24)13-7-8-15(26-10-5-2)16(11-13)25-6-3/h4-5,7-8,11-12H,1-2,6,9-10H2,3H3,(H,20,22,24). The molecule has 0 aliphatic heterocycles. The highest BCUT2D eigenvalue weighted by Crippen LogP contribution is 2.31. The number of aromatic nitrogens is 2. The van der Waals surface area contributed by atoms with Gasteiger partial charge in [0.05, 0.1) is 12.2 Å². The van der Waals surface area contributed by atoms with Crippen LogP contribution in [0, 0.1) is 0 Å². The third kappa shape index (κ3) is 4.18. The van der Waals surface area contributed by atoms with E-state index in [2.05, 4.69) is 18.1 Å². The summed E-state index contributed by atoms with van der Waals surface area (Å²) >= 11 is 0. The normalized spacial score (nSPS) is 10.2. The number of ether oxygens (including phenoxy) is 2. The van der Waals surface area contributed by atoms with Crippen LogP contribution < -0.4 is 26.3 Å². The Morgan fingerprint density at radius 1 is 1.08 bits per heavy atom. The molecule has 1 aromatic heterocycles. The summed E-state index contributed by atoms with van der Waals surface area (Å²) in [6.07, 6.45) is 3.01. The summed E-state index contributed by atoms with van der Waals surface area (Å²) in [7, 11) is 0. The van der Waals surface area contributed by atoms with Crippen LogP contribution in [0.15, 0.2) is 64.0 Å². The molecule has 0 radical (unpaired) electrons. The maximum atomic E-state index is 12.7. The number of hydrogen-bond acceptors (Lipinski definition) is 5. The van der Waals surface area contributed by atoms with Crippen LogP contribution >= 0.6 is 0 Å². The van der Waals surface area contributed by atoms with E-state index in [1.165, 1.54) is 6.08 Å². The molecule has 0 atom stereocenters. The summed E-state index contributed by atoms with van der Waals surface area (Å²) in [6, 6.07) is 5.96. The first-order valence-electron chi connectivity index (χ1n) is 8.02. The zero-order valence-corrected chi connectivity index (χ0v) is 14.5. The minimum absolute atomic E-state index is 0.0197. The van der Waals surface area contributed by atoms with Gasteiger partial charge in [-0.15, -0.1) is 6.58 Å². The lowest BCUT2D eigenvalue weighted by Gasteiger charge is -2.12. The molecule has 7 heteroatoms. The number of nitrogens with one attached hydrogen (secondary N) is 1. The molecule has 0 saturated carbocycles. The predicted molar refractivity (Wildman–Crippen MR) is 100 cm³/mol. The van der Waals surface area contributed by atoms with Gasteiger partial charge in [0, 0.05) is 12.6 Å². The molecule has 26 heavy (non-hydrogen) atoms. The van der Waals surface area contributed by atoms with Crippen molar-refractivity contribution in [1.82, 2.24) is 9.55 Å².